The fraction of sp³-hybridized carbons (Fsp3) is 0.316. The second kappa shape index (κ2) is 9.00. The molecule has 1 heterocycles. The zero-order chi connectivity index (χ0) is 20.1. The van der Waals surface area contributed by atoms with Crippen molar-refractivity contribution in [2.75, 3.05) is 13.2 Å². The van der Waals surface area contributed by atoms with Gasteiger partial charge in [-0.2, -0.15) is 0 Å². The summed E-state index contributed by atoms with van der Waals surface area (Å²) in [5.74, 6) is -0.891. The average Bonchev–Trinajstić information content (AvgIpc) is 3.20. The Balaban J connectivity index is 1.56. The highest BCUT2D eigenvalue weighted by atomic mass is 35.5. The van der Waals surface area contributed by atoms with E-state index in [0.29, 0.717) is 17.7 Å². The number of ether oxygens (including phenoxy) is 1. The molecule has 2 aromatic rings. The van der Waals surface area contributed by atoms with Gasteiger partial charge in [-0.25, -0.2) is 17.5 Å². The third-order valence-electron chi connectivity index (χ3n) is 4.40. The lowest BCUT2D eigenvalue weighted by Crippen LogP contribution is -2.31. The van der Waals surface area contributed by atoms with E-state index >= 15 is 0 Å². The fourth-order valence-corrected chi connectivity index (χ4v) is 4.08. The molecule has 0 aliphatic carbocycles. The topological polar surface area (TPSA) is 84.5 Å². The number of halogens is 2. The maximum absolute atomic E-state index is 13.2. The van der Waals surface area contributed by atoms with E-state index in [1.807, 2.05) is 0 Å². The number of amides is 1. The van der Waals surface area contributed by atoms with Gasteiger partial charge in [0, 0.05) is 25.3 Å². The van der Waals surface area contributed by atoms with Crippen LogP contribution in [0.2, 0.25) is 5.02 Å². The number of hydrogen-bond acceptors (Lipinski definition) is 4. The molecule has 3 rings (SSSR count). The van der Waals surface area contributed by atoms with E-state index in [1.165, 1.54) is 0 Å². The second-order valence-electron chi connectivity index (χ2n) is 6.44. The Morgan fingerprint density at radius 1 is 1.21 bits per heavy atom. The first-order valence-electron chi connectivity index (χ1n) is 8.78. The Labute approximate surface area is 168 Å². The van der Waals surface area contributed by atoms with Gasteiger partial charge < -0.3 is 10.1 Å². The molecule has 0 bridgehead atoms. The molecule has 28 heavy (non-hydrogen) atoms. The molecule has 150 valence electrons. The van der Waals surface area contributed by atoms with Crippen molar-refractivity contribution in [3.63, 3.8) is 0 Å². The molecule has 1 fully saturated rings. The highest BCUT2D eigenvalue weighted by molar-refractivity contribution is 7.89. The summed E-state index contributed by atoms with van der Waals surface area (Å²) in [6.45, 7) is 1.23. The van der Waals surface area contributed by atoms with Gasteiger partial charge in [0.2, 0.25) is 10.0 Å². The van der Waals surface area contributed by atoms with Crippen LogP contribution in [-0.4, -0.2) is 33.6 Å². The maximum atomic E-state index is 13.2. The van der Waals surface area contributed by atoms with Crippen molar-refractivity contribution in [2.45, 2.75) is 30.4 Å². The number of carbonyl (C=O) groups excluding carboxylic acids is 1. The van der Waals surface area contributed by atoms with E-state index < -0.39 is 15.8 Å². The second-order valence-corrected chi connectivity index (χ2v) is 8.62. The van der Waals surface area contributed by atoms with Crippen LogP contribution < -0.4 is 10.0 Å². The summed E-state index contributed by atoms with van der Waals surface area (Å²) in [6, 6.07) is 9.79. The van der Waals surface area contributed by atoms with Crippen molar-refractivity contribution < 1.29 is 22.3 Å². The molecule has 0 saturated carbocycles. The molecule has 1 aliphatic heterocycles. The molecule has 1 amide bonds. The third-order valence-corrected chi connectivity index (χ3v) is 6.09. The third kappa shape index (κ3) is 5.29. The standard InChI is InChI=1S/C19H20ClFN2O4S/c20-17-10-16(7-8-18(17)21)28(25,26)23-11-13-3-5-14(6-4-13)19(24)22-12-15-2-1-9-27-15/h3-8,10,15,23H,1-2,9,11-12H2,(H,22,24)/t15-/m1/s1. The summed E-state index contributed by atoms with van der Waals surface area (Å²) >= 11 is 5.64. The molecule has 1 aliphatic rings. The predicted octanol–water partition coefficient (Wildman–Crippen LogP) is 2.87. The summed E-state index contributed by atoms with van der Waals surface area (Å²) in [7, 11) is -3.84. The Kier molecular flexibility index (Phi) is 6.66. The summed E-state index contributed by atoms with van der Waals surface area (Å²) in [6.07, 6.45) is 2.02. The van der Waals surface area contributed by atoms with Gasteiger partial charge >= 0.3 is 0 Å². The minimum Gasteiger partial charge on any atom is -0.376 e. The molecule has 0 spiro atoms. The highest BCUT2D eigenvalue weighted by Gasteiger charge is 2.17. The Bertz CT molecular complexity index is 945. The van der Waals surface area contributed by atoms with Crippen molar-refractivity contribution >= 4 is 27.5 Å². The molecule has 1 saturated heterocycles. The van der Waals surface area contributed by atoms with Gasteiger partial charge in [0.25, 0.3) is 5.91 Å². The molecule has 1 atom stereocenters. The number of hydrogen-bond donors (Lipinski definition) is 2. The van der Waals surface area contributed by atoms with E-state index in [-0.39, 0.29) is 28.5 Å². The maximum Gasteiger partial charge on any atom is 0.251 e. The molecule has 6 nitrogen and oxygen atoms in total. The lowest BCUT2D eigenvalue weighted by molar-refractivity contribution is 0.0858. The minimum atomic E-state index is -3.84. The summed E-state index contributed by atoms with van der Waals surface area (Å²) in [5.41, 5.74) is 1.15. The first kappa shape index (κ1) is 20.7. The molecule has 0 radical (unpaired) electrons. The summed E-state index contributed by atoms with van der Waals surface area (Å²) in [5, 5.41) is 2.57. The molecular weight excluding hydrogens is 407 g/mol. The molecule has 2 aromatic carbocycles. The van der Waals surface area contributed by atoms with Crippen LogP contribution in [0.25, 0.3) is 0 Å². The van der Waals surface area contributed by atoms with Gasteiger partial charge in [-0.3, -0.25) is 4.79 Å². The first-order chi connectivity index (χ1) is 13.3. The average molecular weight is 427 g/mol. The van der Waals surface area contributed by atoms with E-state index in [9.17, 15) is 17.6 Å². The van der Waals surface area contributed by atoms with Crippen LogP contribution in [0.15, 0.2) is 47.4 Å². The van der Waals surface area contributed by atoms with Crippen LogP contribution in [0.4, 0.5) is 4.39 Å². The highest BCUT2D eigenvalue weighted by Crippen LogP contribution is 2.19. The molecule has 0 aromatic heterocycles. The van der Waals surface area contributed by atoms with E-state index in [0.717, 1.165) is 37.6 Å². The van der Waals surface area contributed by atoms with Crippen LogP contribution in [0, 0.1) is 5.82 Å². The largest absolute Gasteiger partial charge is 0.376 e. The minimum absolute atomic E-state index is 0.0230. The van der Waals surface area contributed by atoms with Gasteiger partial charge in [0.1, 0.15) is 5.82 Å². The lowest BCUT2D eigenvalue weighted by atomic mass is 10.1. The number of nitrogens with one attached hydrogen (secondary N) is 2. The molecule has 2 N–H and O–H groups in total. The number of benzene rings is 2. The van der Waals surface area contributed by atoms with Crippen LogP contribution in [0.5, 0.6) is 0 Å². The van der Waals surface area contributed by atoms with Gasteiger partial charge in [0.15, 0.2) is 0 Å². The van der Waals surface area contributed by atoms with E-state index in [4.69, 9.17) is 16.3 Å². The number of sulfonamides is 1. The summed E-state index contributed by atoms with van der Waals surface area (Å²) in [4.78, 5) is 12.0. The molecule has 0 unspecified atom stereocenters. The van der Waals surface area contributed by atoms with Gasteiger partial charge in [-0.15, -0.1) is 0 Å². The van der Waals surface area contributed by atoms with Crippen molar-refractivity contribution in [3.8, 4) is 0 Å². The van der Waals surface area contributed by atoms with Gasteiger partial charge in [-0.05, 0) is 48.7 Å². The molecule has 9 heteroatoms. The molecular formula is C19H20ClFN2O4S. The van der Waals surface area contributed by atoms with Crippen LogP contribution in [0.1, 0.15) is 28.8 Å². The van der Waals surface area contributed by atoms with Crippen LogP contribution in [0.3, 0.4) is 0 Å². The monoisotopic (exact) mass is 426 g/mol. The SMILES string of the molecule is O=C(NC[C@H]1CCCO1)c1ccc(CNS(=O)(=O)c2ccc(F)c(Cl)c2)cc1. The van der Waals surface area contributed by atoms with Crippen LogP contribution >= 0.6 is 11.6 Å². The van der Waals surface area contributed by atoms with Crippen molar-refractivity contribution in [1.29, 1.82) is 0 Å². The Hall–Kier alpha value is -2.00. The normalized spacial score (nSPS) is 16.9. The Morgan fingerprint density at radius 2 is 1.96 bits per heavy atom. The first-order valence-corrected chi connectivity index (χ1v) is 10.6. The van der Waals surface area contributed by atoms with Crippen molar-refractivity contribution in [3.05, 3.63) is 64.4 Å². The van der Waals surface area contributed by atoms with Crippen molar-refractivity contribution in [1.82, 2.24) is 10.0 Å². The quantitative estimate of drug-likeness (QED) is 0.713. The zero-order valence-corrected chi connectivity index (χ0v) is 16.5. The summed E-state index contributed by atoms with van der Waals surface area (Å²) < 4.78 is 45.7. The van der Waals surface area contributed by atoms with Crippen molar-refractivity contribution in [2.24, 2.45) is 0 Å². The van der Waals surface area contributed by atoms with Gasteiger partial charge in [-0.1, -0.05) is 23.7 Å². The number of rotatable bonds is 7. The van der Waals surface area contributed by atoms with E-state index in [2.05, 4.69) is 10.0 Å². The lowest BCUT2D eigenvalue weighted by Gasteiger charge is -2.11. The smallest absolute Gasteiger partial charge is 0.251 e. The van der Waals surface area contributed by atoms with Gasteiger partial charge in [0.05, 0.1) is 16.0 Å². The van der Waals surface area contributed by atoms with E-state index in [1.54, 1.807) is 24.3 Å². The fourth-order valence-electron chi connectivity index (χ4n) is 2.79. The Morgan fingerprint density at radius 3 is 2.61 bits per heavy atom. The predicted molar refractivity (Wildman–Crippen MR) is 103 cm³/mol. The number of carbonyl (C=O) groups is 1. The zero-order valence-electron chi connectivity index (χ0n) is 15.0. The van der Waals surface area contributed by atoms with Crippen LogP contribution in [-0.2, 0) is 21.3 Å².